The van der Waals surface area contributed by atoms with Gasteiger partial charge in [-0.25, -0.2) is 0 Å². The van der Waals surface area contributed by atoms with Crippen molar-refractivity contribution in [1.82, 2.24) is 5.32 Å². The summed E-state index contributed by atoms with van der Waals surface area (Å²) in [5, 5.41) is 87.5. The summed E-state index contributed by atoms with van der Waals surface area (Å²) in [6.07, 6.45) is 69.4. The quantitative estimate of drug-likeness (QED) is 0.0204. The summed E-state index contributed by atoms with van der Waals surface area (Å²) >= 11 is 0. The lowest BCUT2D eigenvalue weighted by atomic mass is 9.97. The van der Waals surface area contributed by atoms with Gasteiger partial charge < -0.3 is 65.1 Å². The van der Waals surface area contributed by atoms with Crippen LogP contribution in [0.3, 0.4) is 0 Å². The highest BCUT2D eigenvalue weighted by Crippen LogP contribution is 2.30. The molecule has 2 fully saturated rings. The fourth-order valence-electron chi connectivity index (χ4n) is 12.1. The number of allylic oxidation sites excluding steroid dienone is 13. The van der Waals surface area contributed by atoms with Gasteiger partial charge in [0.25, 0.3) is 0 Å². The Morgan fingerprint density at radius 1 is 0.402 bits per heavy atom. The van der Waals surface area contributed by atoms with Crippen LogP contribution >= 0.6 is 0 Å². The normalized spacial score (nSPS) is 23.2. The van der Waals surface area contributed by atoms with Crippen LogP contribution in [-0.2, 0) is 23.7 Å². The molecule has 2 saturated heterocycles. The summed E-state index contributed by atoms with van der Waals surface area (Å²) in [4.78, 5) is 13.3. The molecule has 0 radical (unpaired) electrons. The standard InChI is InChI=1S/C78H139NO13/c1-3-5-7-9-11-13-15-17-19-21-23-25-27-29-30-31-32-33-34-35-36-38-39-41-43-45-47-49-51-53-55-57-59-61-67(82)66(65-89-77-75(88)73(86)76(69(64-81)91-77)92-78-74(87)72(85)71(84)68(63-80)90-78)79-70(83)62-60-58-56-54-52-50-48-46-44-42-40-37-28-26-24-22-20-18-16-14-12-10-8-6-4-2/h6,8,12,14,18,20,24,26,43,45,51,53,59,61,66-69,71-78,80-82,84-88H,3-5,7,9-11,13,15-17,19,21-23,25,27-42,44,46-50,52,54-58,60,62-65H2,1-2H3,(H,79,83)/b8-6-,14-12-,20-18-,26-24-,45-43+,53-51+,61-59+. The zero-order valence-electron chi connectivity index (χ0n) is 58.3. The molecule has 12 unspecified atom stereocenters. The first kappa shape index (κ1) is 85.3. The number of rotatable bonds is 62. The van der Waals surface area contributed by atoms with Crippen LogP contribution in [0, 0.1) is 0 Å². The molecule has 14 nitrogen and oxygen atoms in total. The molecule has 2 heterocycles. The second-order valence-corrected chi connectivity index (χ2v) is 26.4. The SMILES string of the molecule is CC/C=C\C/C=C\C/C=C\C/C=C\CCCCCCCCCCCCCCC(=O)NC(COC1OC(CO)C(OC2OC(CO)C(O)C(O)C2O)C(O)C1O)C(O)/C=C/CC/C=C/CC/C=C/CCCCCCCCCCCCCCCCCCCCCCCCC. The number of aliphatic hydroxyl groups excluding tert-OH is 8. The molecular weight excluding hydrogens is 1160 g/mol. The van der Waals surface area contributed by atoms with Gasteiger partial charge in [-0.1, -0.05) is 304 Å². The van der Waals surface area contributed by atoms with Gasteiger partial charge >= 0.3 is 0 Å². The highest BCUT2D eigenvalue weighted by atomic mass is 16.7. The Labute approximate surface area is 561 Å². The Kier molecular flexibility index (Phi) is 57.2. The summed E-state index contributed by atoms with van der Waals surface area (Å²) in [5.74, 6) is -0.256. The molecule has 2 aliphatic rings. The Balaban J connectivity index is 1.67. The molecule has 0 aliphatic carbocycles. The zero-order chi connectivity index (χ0) is 66.6. The second-order valence-electron chi connectivity index (χ2n) is 26.4. The van der Waals surface area contributed by atoms with Gasteiger partial charge in [-0.2, -0.15) is 0 Å². The number of carbonyl (C=O) groups excluding carboxylic acids is 1. The molecule has 1 amide bonds. The molecule has 534 valence electrons. The summed E-state index contributed by atoms with van der Waals surface area (Å²) in [5.41, 5.74) is 0. The van der Waals surface area contributed by atoms with E-state index in [1.807, 2.05) is 6.08 Å². The number of nitrogens with one attached hydrogen (secondary N) is 1. The van der Waals surface area contributed by atoms with E-state index in [0.717, 1.165) is 77.0 Å². The van der Waals surface area contributed by atoms with Gasteiger partial charge in [-0.15, -0.1) is 0 Å². The molecule has 0 aromatic heterocycles. The Hall–Kier alpha value is -2.83. The van der Waals surface area contributed by atoms with Gasteiger partial charge in [0.05, 0.1) is 32.0 Å². The summed E-state index contributed by atoms with van der Waals surface area (Å²) < 4.78 is 22.9. The first-order valence-corrected chi connectivity index (χ1v) is 37.8. The highest BCUT2D eigenvalue weighted by molar-refractivity contribution is 5.76. The predicted octanol–water partition coefficient (Wildman–Crippen LogP) is 16.4. The van der Waals surface area contributed by atoms with Crippen molar-refractivity contribution in [1.29, 1.82) is 0 Å². The first-order chi connectivity index (χ1) is 45.1. The third kappa shape index (κ3) is 44.8. The van der Waals surface area contributed by atoms with Crippen molar-refractivity contribution >= 4 is 5.91 Å². The fraction of sp³-hybridized carbons (Fsp3) is 0.808. The van der Waals surface area contributed by atoms with Gasteiger partial charge in [0.1, 0.15) is 48.8 Å². The molecule has 0 saturated carbocycles. The van der Waals surface area contributed by atoms with Gasteiger partial charge in [-0.3, -0.25) is 4.79 Å². The third-order valence-corrected chi connectivity index (χ3v) is 18.0. The minimum Gasteiger partial charge on any atom is -0.394 e. The number of unbranched alkanes of at least 4 members (excludes halogenated alkanes) is 37. The van der Waals surface area contributed by atoms with Crippen molar-refractivity contribution in [3.8, 4) is 0 Å². The van der Waals surface area contributed by atoms with Crippen LogP contribution in [0.5, 0.6) is 0 Å². The van der Waals surface area contributed by atoms with Gasteiger partial charge in [0.15, 0.2) is 12.6 Å². The monoisotopic (exact) mass is 1300 g/mol. The van der Waals surface area contributed by atoms with E-state index in [9.17, 15) is 45.6 Å². The van der Waals surface area contributed by atoms with Crippen LogP contribution in [0.2, 0.25) is 0 Å². The lowest BCUT2D eigenvalue weighted by molar-refractivity contribution is -0.359. The number of amides is 1. The van der Waals surface area contributed by atoms with Crippen LogP contribution in [0.15, 0.2) is 85.1 Å². The topological polar surface area (TPSA) is 228 Å². The molecule has 0 spiro atoms. The zero-order valence-corrected chi connectivity index (χ0v) is 58.3. The minimum absolute atomic E-state index is 0.256. The molecule has 92 heavy (non-hydrogen) atoms. The molecule has 14 heteroatoms. The maximum atomic E-state index is 13.3. The molecule has 12 atom stereocenters. The number of carbonyl (C=O) groups is 1. The van der Waals surface area contributed by atoms with Crippen molar-refractivity contribution in [3.63, 3.8) is 0 Å². The average molecular weight is 1300 g/mol. The Morgan fingerprint density at radius 2 is 0.761 bits per heavy atom. The van der Waals surface area contributed by atoms with Gasteiger partial charge in [0, 0.05) is 6.42 Å². The molecule has 2 aliphatic heterocycles. The third-order valence-electron chi connectivity index (χ3n) is 18.0. The van der Waals surface area contributed by atoms with E-state index in [4.69, 9.17) is 18.9 Å². The van der Waals surface area contributed by atoms with E-state index < -0.39 is 86.8 Å². The van der Waals surface area contributed by atoms with E-state index >= 15 is 0 Å². The van der Waals surface area contributed by atoms with Crippen molar-refractivity contribution < 1.29 is 64.6 Å². The summed E-state index contributed by atoms with van der Waals surface area (Å²) in [7, 11) is 0. The van der Waals surface area contributed by atoms with E-state index in [-0.39, 0.29) is 18.9 Å². The van der Waals surface area contributed by atoms with Crippen LogP contribution in [0.4, 0.5) is 0 Å². The Morgan fingerprint density at radius 3 is 1.20 bits per heavy atom. The Bertz CT molecular complexity index is 1870. The van der Waals surface area contributed by atoms with Crippen LogP contribution in [0.1, 0.15) is 309 Å². The second kappa shape index (κ2) is 61.7. The number of hydrogen-bond acceptors (Lipinski definition) is 13. The molecule has 0 aromatic rings. The molecule has 9 N–H and O–H groups in total. The minimum atomic E-state index is -1.80. The van der Waals surface area contributed by atoms with E-state index in [0.29, 0.717) is 12.8 Å². The molecule has 2 rings (SSSR count). The van der Waals surface area contributed by atoms with Crippen LogP contribution in [0.25, 0.3) is 0 Å². The van der Waals surface area contributed by atoms with E-state index in [1.54, 1.807) is 6.08 Å². The maximum Gasteiger partial charge on any atom is 0.220 e. The van der Waals surface area contributed by atoms with Crippen molar-refractivity contribution in [3.05, 3.63) is 85.1 Å². The average Bonchev–Trinajstić information content (AvgIpc) is 0.865. The number of aliphatic hydroxyl groups is 8. The predicted molar refractivity (Wildman–Crippen MR) is 378 cm³/mol. The largest absolute Gasteiger partial charge is 0.394 e. The van der Waals surface area contributed by atoms with Gasteiger partial charge in [-0.05, 0) is 83.5 Å². The van der Waals surface area contributed by atoms with E-state index in [1.165, 1.54) is 199 Å². The van der Waals surface area contributed by atoms with Crippen molar-refractivity contribution in [2.45, 2.75) is 383 Å². The highest BCUT2D eigenvalue weighted by Gasteiger charge is 2.51. The molecular formula is C78H139NO13. The lowest BCUT2D eigenvalue weighted by Gasteiger charge is -2.46. The summed E-state index contributed by atoms with van der Waals surface area (Å²) in [6, 6.07) is -0.946. The number of ether oxygens (including phenoxy) is 4. The van der Waals surface area contributed by atoms with Crippen LogP contribution in [-0.4, -0.2) is 140 Å². The number of hydrogen-bond donors (Lipinski definition) is 9. The lowest BCUT2D eigenvalue weighted by Crippen LogP contribution is -2.65. The summed E-state index contributed by atoms with van der Waals surface area (Å²) in [6.45, 7) is 2.70. The smallest absolute Gasteiger partial charge is 0.220 e. The van der Waals surface area contributed by atoms with E-state index in [2.05, 4.69) is 92.1 Å². The van der Waals surface area contributed by atoms with Gasteiger partial charge in [0.2, 0.25) is 5.91 Å². The van der Waals surface area contributed by atoms with Crippen LogP contribution < -0.4 is 5.32 Å². The molecule has 0 aromatic carbocycles. The van der Waals surface area contributed by atoms with Crippen molar-refractivity contribution in [2.75, 3.05) is 19.8 Å². The maximum absolute atomic E-state index is 13.3. The molecule has 0 bridgehead atoms. The fourth-order valence-corrected chi connectivity index (χ4v) is 12.1. The van der Waals surface area contributed by atoms with Crippen molar-refractivity contribution in [2.24, 2.45) is 0 Å². The first-order valence-electron chi connectivity index (χ1n) is 37.8.